The molecule has 0 aliphatic heterocycles. The lowest BCUT2D eigenvalue weighted by molar-refractivity contribution is -0.143. The highest BCUT2D eigenvalue weighted by Gasteiger charge is 2.19. The Morgan fingerprint density at radius 1 is 0.815 bits per heavy atom. The molecule has 0 heterocycles. The number of hydrogen-bond acceptors (Lipinski definition) is 4. The van der Waals surface area contributed by atoms with Gasteiger partial charge in [-0.3, -0.25) is 4.79 Å². The van der Waals surface area contributed by atoms with Crippen LogP contribution in [0.1, 0.15) is 11.1 Å². The summed E-state index contributed by atoms with van der Waals surface area (Å²) in [6.07, 6.45) is 0.586. The molecule has 0 aliphatic rings. The van der Waals surface area contributed by atoms with E-state index in [0.29, 0.717) is 13.0 Å². The van der Waals surface area contributed by atoms with Crippen molar-refractivity contribution in [2.75, 3.05) is 7.11 Å². The van der Waals surface area contributed by atoms with Gasteiger partial charge in [-0.1, -0.05) is 60.7 Å². The predicted molar refractivity (Wildman–Crippen MR) is 106 cm³/mol. The second kappa shape index (κ2) is 9.55. The van der Waals surface area contributed by atoms with Crippen molar-refractivity contribution in [3.05, 3.63) is 96.1 Å². The first-order valence-corrected chi connectivity index (χ1v) is 8.91. The zero-order valence-corrected chi connectivity index (χ0v) is 15.3. The Morgan fingerprint density at radius 3 is 2.04 bits per heavy atom. The van der Waals surface area contributed by atoms with Gasteiger partial charge in [0, 0.05) is 6.54 Å². The minimum atomic E-state index is -0.391. The molecular formula is C23H23NO3. The third-order valence-corrected chi connectivity index (χ3v) is 4.22. The average Bonchev–Trinajstić information content (AvgIpc) is 2.73. The Balaban J connectivity index is 1.58. The summed E-state index contributed by atoms with van der Waals surface area (Å²) >= 11 is 0. The van der Waals surface area contributed by atoms with Crippen LogP contribution in [0.4, 0.5) is 0 Å². The summed E-state index contributed by atoms with van der Waals surface area (Å²) in [6.45, 7) is 0.568. The summed E-state index contributed by atoms with van der Waals surface area (Å²) in [5, 5.41) is 3.29. The van der Waals surface area contributed by atoms with Gasteiger partial charge in [-0.25, -0.2) is 0 Å². The summed E-state index contributed by atoms with van der Waals surface area (Å²) in [6, 6.07) is 27.0. The van der Waals surface area contributed by atoms with E-state index in [0.717, 1.165) is 22.6 Å². The third kappa shape index (κ3) is 5.69. The first-order valence-electron chi connectivity index (χ1n) is 8.91. The molecule has 0 saturated heterocycles. The van der Waals surface area contributed by atoms with Gasteiger partial charge in [0.05, 0.1) is 7.11 Å². The lowest BCUT2D eigenvalue weighted by atomic mass is 10.1. The van der Waals surface area contributed by atoms with Gasteiger partial charge in [-0.15, -0.1) is 0 Å². The lowest BCUT2D eigenvalue weighted by Crippen LogP contribution is -2.39. The van der Waals surface area contributed by atoms with Crippen LogP contribution in [-0.4, -0.2) is 19.1 Å². The molecule has 3 aromatic carbocycles. The van der Waals surface area contributed by atoms with Crippen molar-refractivity contribution in [2.24, 2.45) is 0 Å². The zero-order valence-electron chi connectivity index (χ0n) is 15.3. The van der Waals surface area contributed by atoms with Crippen molar-refractivity contribution in [1.82, 2.24) is 5.32 Å². The summed E-state index contributed by atoms with van der Waals surface area (Å²) in [5.41, 5.74) is 2.16. The van der Waals surface area contributed by atoms with Crippen LogP contribution in [-0.2, 0) is 22.5 Å². The second-order valence-electron chi connectivity index (χ2n) is 6.21. The normalized spacial score (nSPS) is 11.6. The molecule has 1 atom stereocenters. The zero-order chi connectivity index (χ0) is 18.9. The SMILES string of the molecule is COC(=O)[C@H](Cc1ccccc1)NCc1ccc(Oc2ccccc2)cc1. The number of nitrogens with one attached hydrogen (secondary N) is 1. The molecule has 138 valence electrons. The Bertz CT molecular complexity index is 833. The molecule has 0 fully saturated rings. The van der Waals surface area contributed by atoms with Crippen molar-refractivity contribution < 1.29 is 14.3 Å². The summed E-state index contributed by atoms with van der Waals surface area (Å²) in [7, 11) is 1.41. The van der Waals surface area contributed by atoms with Crippen molar-refractivity contribution >= 4 is 5.97 Å². The van der Waals surface area contributed by atoms with Gasteiger partial charge in [0.2, 0.25) is 0 Å². The van der Waals surface area contributed by atoms with Crippen LogP contribution in [0.5, 0.6) is 11.5 Å². The van der Waals surface area contributed by atoms with Crippen LogP contribution in [0.2, 0.25) is 0 Å². The van der Waals surface area contributed by atoms with E-state index >= 15 is 0 Å². The van der Waals surface area contributed by atoms with E-state index in [1.807, 2.05) is 84.9 Å². The Labute approximate surface area is 159 Å². The smallest absolute Gasteiger partial charge is 0.323 e. The number of carbonyl (C=O) groups excluding carboxylic acids is 1. The molecule has 0 unspecified atom stereocenters. The fraction of sp³-hybridized carbons (Fsp3) is 0.174. The van der Waals surface area contributed by atoms with Crippen LogP contribution >= 0.6 is 0 Å². The van der Waals surface area contributed by atoms with Gasteiger partial charge >= 0.3 is 5.97 Å². The molecule has 0 aromatic heterocycles. The maximum Gasteiger partial charge on any atom is 0.323 e. The van der Waals surface area contributed by atoms with Gasteiger partial charge in [0.15, 0.2) is 0 Å². The Hall–Kier alpha value is -3.11. The topological polar surface area (TPSA) is 47.6 Å². The maximum atomic E-state index is 12.1. The van der Waals surface area contributed by atoms with E-state index in [9.17, 15) is 4.79 Å². The van der Waals surface area contributed by atoms with Crippen LogP contribution < -0.4 is 10.1 Å². The van der Waals surface area contributed by atoms with Gasteiger partial charge in [0.1, 0.15) is 17.5 Å². The summed E-state index contributed by atoms with van der Waals surface area (Å²) in [5.74, 6) is 1.32. The molecule has 3 rings (SSSR count). The van der Waals surface area contributed by atoms with Gasteiger partial charge in [-0.2, -0.15) is 0 Å². The van der Waals surface area contributed by atoms with Crippen molar-refractivity contribution in [2.45, 2.75) is 19.0 Å². The van der Waals surface area contributed by atoms with Gasteiger partial charge in [0.25, 0.3) is 0 Å². The number of methoxy groups -OCH3 is 1. The second-order valence-corrected chi connectivity index (χ2v) is 6.21. The number of hydrogen-bond donors (Lipinski definition) is 1. The fourth-order valence-corrected chi connectivity index (χ4v) is 2.77. The third-order valence-electron chi connectivity index (χ3n) is 4.22. The quantitative estimate of drug-likeness (QED) is 0.606. The largest absolute Gasteiger partial charge is 0.468 e. The molecular weight excluding hydrogens is 338 g/mol. The Kier molecular flexibility index (Phi) is 6.61. The number of rotatable bonds is 8. The first-order chi connectivity index (χ1) is 13.2. The minimum Gasteiger partial charge on any atom is -0.468 e. The standard InChI is InChI=1S/C23H23NO3/c1-26-23(25)22(16-18-8-4-2-5-9-18)24-17-19-12-14-21(15-13-19)27-20-10-6-3-7-11-20/h2-15,22,24H,16-17H2,1H3/t22-/m0/s1. The highest BCUT2D eigenvalue weighted by atomic mass is 16.5. The summed E-state index contributed by atoms with van der Waals surface area (Å²) in [4.78, 5) is 12.1. The monoisotopic (exact) mass is 361 g/mol. The van der Waals surface area contributed by atoms with Crippen LogP contribution in [0, 0.1) is 0 Å². The van der Waals surface area contributed by atoms with Gasteiger partial charge in [-0.05, 0) is 41.8 Å². The Morgan fingerprint density at radius 2 is 1.41 bits per heavy atom. The molecule has 0 aliphatic carbocycles. The van der Waals surface area contributed by atoms with E-state index in [2.05, 4.69) is 5.32 Å². The molecule has 0 saturated carbocycles. The molecule has 3 aromatic rings. The van der Waals surface area contributed by atoms with Crippen LogP contribution in [0.3, 0.4) is 0 Å². The molecule has 27 heavy (non-hydrogen) atoms. The molecule has 4 heteroatoms. The highest BCUT2D eigenvalue weighted by Crippen LogP contribution is 2.21. The predicted octanol–water partition coefficient (Wildman–Crippen LogP) is 4.35. The van der Waals surface area contributed by atoms with Crippen LogP contribution in [0.25, 0.3) is 0 Å². The molecule has 0 radical (unpaired) electrons. The average molecular weight is 361 g/mol. The van der Waals surface area contributed by atoms with E-state index in [4.69, 9.17) is 9.47 Å². The number of benzene rings is 3. The molecule has 0 bridgehead atoms. The van der Waals surface area contributed by atoms with Crippen LogP contribution in [0.15, 0.2) is 84.9 Å². The minimum absolute atomic E-state index is 0.261. The van der Waals surface area contributed by atoms with Crippen molar-refractivity contribution in [1.29, 1.82) is 0 Å². The van der Waals surface area contributed by atoms with E-state index in [1.165, 1.54) is 7.11 Å². The number of carbonyl (C=O) groups is 1. The van der Waals surface area contributed by atoms with E-state index in [-0.39, 0.29) is 5.97 Å². The van der Waals surface area contributed by atoms with Crippen molar-refractivity contribution in [3.8, 4) is 11.5 Å². The summed E-state index contributed by atoms with van der Waals surface area (Å²) < 4.78 is 10.7. The maximum absolute atomic E-state index is 12.1. The molecule has 0 amide bonds. The highest BCUT2D eigenvalue weighted by molar-refractivity contribution is 5.76. The lowest BCUT2D eigenvalue weighted by Gasteiger charge is -2.17. The van der Waals surface area contributed by atoms with E-state index < -0.39 is 6.04 Å². The molecule has 0 spiro atoms. The van der Waals surface area contributed by atoms with Gasteiger partial charge < -0.3 is 14.8 Å². The fourth-order valence-electron chi connectivity index (χ4n) is 2.77. The first kappa shape index (κ1) is 18.7. The van der Waals surface area contributed by atoms with Crippen molar-refractivity contribution in [3.63, 3.8) is 0 Å². The molecule has 4 nitrogen and oxygen atoms in total. The number of ether oxygens (including phenoxy) is 2. The molecule has 1 N–H and O–H groups in total. The number of esters is 1. The number of para-hydroxylation sites is 1. The van der Waals surface area contributed by atoms with E-state index in [1.54, 1.807) is 0 Å².